The van der Waals surface area contributed by atoms with Crippen LogP contribution in [0.25, 0.3) is 11.1 Å². The maximum atomic E-state index is 12.4. The minimum Gasteiger partial charge on any atom is -0.492 e. The molecule has 1 aliphatic rings. The summed E-state index contributed by atoms with van der Waals surface area (Å²) >= 11 is 6.51. The Morgan fingerprint density at radius 2 is 1.97 bits per heavy atom. The molecule has 0 spiro atoms. The van der Waals surface area contributed by atoms with Crippen molar-refractivity contribution in [3.63, 3.8) is 0 Å². The number of carbonyl (C=O) groups excluding carboxylic acids is 1. The van der Waals surface area contributed by atoms with Crippen molar-refractivity contribution in [2.24, 2.45) is 4.99 Å². The Kier molecular flexibility index (Phi) is 6.46. The van der Waals surface area contributed by atoms with E-state index in [0.29, 0.717) is 36.1 Å². The summed E-state index contributed by atoms with van der Waals surface area (Å²) in [5.74, 6) is 1.37. The summed E-state index contributed by atoms with van der Waals surface area (Å²) in [6, 6.07) is 20.5. The topological polar surface area (TPSA) is 94.5 Å². The third-order valence-electron chi connectivity index (χ3n) is 6.16. The number of aromatic nitrogens is 3. The van der Waals surface area contributed by atoms with Gasteiger partial charge >= 0.3 is 0 Å². The van der Waals surface area contributed by atoms with Gasteiger partial charge in [-0.15, -0.1) is 0 Å². The lowest BCUT2D eigenvalue weighted by molar-refractivity contribution is 0.0996. The number of ether oxygens (including phenoxy) is 1. The second-order valence-electron chi connectivity index (χ2n) is 8.71. The van der Waals surface area contributed by atoms with Gasteiger partial charge in [-0.2, -0.15) is 5.10 Å². The van der Waals surface area contributed by atoms with Crippen molar-refractivity contribution < 1.29 is 13.9 Å². The minimum absolute atomic E-state index is 0.234. The summed E-state index contributed by atoms with van der Waals surface area (Å²) < 4.78 is 12.8. The maximum absolute atomic E-state index is 12.4. The van der Waals surface area contributed by atoms with Crippen LogP contribution in [0.3, 0.4) is 0 Å². The minimum atomic E-state index is -0.333. The predicted molar refractivity (Wildman–Crippen MR) is 145 cm³/mol. The number of nitrogens with one attached hydrogen (secondary N) is 1. The van der Waals surface area contributed by atoms with Crippen molar-refractivity contribution in [3.05, 3.63) is 113 Å². The largest absolute Gasteiger partial charge is 0.492 e. The lowest BCUT2D eigenvalue weighted by Crippen LogP contribution is -2.11. The number of rotatable bonds is 8. The molecule has 0 unspecified atom stereocenters. The zero-order valence-corrected chi connectivity index (χ0v) is 20.9. The molecule has 0 saturated carbocycles. The number of aliphatic imine (C=N–C) groups is 1. The van der Waals surface area contributed by atoms with Gasteiger partial charge in [-0.05, 0) is 60.2 Å². The van der Waals surface area contributed by atoms with E-state index in [4.69, 9.17) is 25.7 Å². The molecule has 0 saturated heterocycles. The fourth-order valence-corrected chi connectivity index (χ4v) is 4.48. The highest BCUT2D eigenvalue weighted by Gasteiger charge is 2.21. The Labute approximate surface area is 223 Å². The number of pyridine rings is 1. The number of carbonyl (C=O) groups is 1. The van der Waals surface area contributed by atoms with E-state index in [9.17, 15) is 4.79 Å². The molecular weight excluding hydrogens is 502 g/mol. The standard InChI is InChI=1S/C29H22ClN5O3/c30-25-9-6-22(33-29(36)27-3-1-13-38-27)17-24(25)26-16-20-15-21(18-31-28(20)34-26)19-4-7-23(8-5-19)37-14-12-35-11-2-10-32-35/h1-11,13,15,17-18H,12,14,16H2,(H,33,36). The number of hydrogen-bond donors (Lipinski definition) is 1. The summed E-state index contributed by atoms with van der Waals surface area (Å²) in [5, 5.41) is 7.56. The summed E-state index contributed by atoms with van der Waals surface area (Å²) in [4.78, 5) is 21.7. The van der Waals surface area contributed by atoms with Crippen molar-refractivity contribution in [2.45, 2.75) is 13.0 Å². The van der Waals surface area contributed by atoms with Gasteiger partial charge in [-0.1, -0.05) is 23.7 Å². The average Bonchev–Trinajstić information content (AvgIpc) is 3.72. The molecule has 188 valence electrons. The average molecular weight is 524 g/mol. The maximum Gasteiger partial charge on any atom is 0.291 e. The zero-order chi connectivity index (χ0) is 25.9. The first kappa shape index (κ1) is 23.7. The Morgan fingerprint density at radius 3 is 2.76 bits per heavy atom. The van der Waals surface area contributed by atoms with Crippen LogP contribution >= 0.6 is 11.6 Å². The highest BCUT2D eigenvalue weighted by molar-refractivity contribution is 6.34. The van der Waals surface area contributed by atoms with Crippen LogP contribution in [0.2, 0.25) is 5.02 Å². The number of benzene rings is 2. The van der Waals surface area contributed by atoms with Crippen LogP contribution in [0, 0.1) is 0 Å². The molecule has 2 aromatic carbocycles. The van der Waals surface area contributed by atoms with Crippen LogP contribution < -0.4 is 10.1 Å². The highest BCUT2D eigenvalue weighted by Crippen LogP contribution is 2.33. The van der Waals surface area contributed by atoms with Crippen LogP contribution in [-0.2, 0) is 13.0 Å². The van der Waals surface area contributed by atoms with Crippen molar-refractivity contribution in [1.29, 1.82) is 0 Å². The molecule has 9 heteroatoms. The smallest absolute Gasteiger partial charge is 0.291 e. The van der Waals surface area contributed by atoms with Crippen molar-refractivity contribution in [2.75, 3.05) is 11.9 Å². The van der Waals surface area contributed by atoms with Crippen molar-refractivity contribution >= 4 is 34.7 Å². The van der Waals surface area contributed by atoms with Gasteiger partial charge in [0.2, 0.25) is 0 Å². The zero-order valence-electron chi connectivity index (χ0n) is 20.2. The van der Waals surface area contributed by atoms with Gasteiger partial charge in [-0.3, -0.25) is 9.48 Å². The summed E-state index contributed by atoms with van der Waals surface area (Å²) in [6.45, 7) is 1.23. The molecule has 1 aliphatic heterocycles. The van der Waals surface area contributed by atoms with Gasteiger partial charge in [0.05, 0.1) is 18.5 Å². The second kappa shape index (κ2) is 10.4. The van der Waals surface area contributed by atoms with E-state index < -0.39 is 0 Å². The molecule has 3 aromatic heterocycles. The number of fused-ring (bicyclic) bond motifs is 1. The molecular formula is C29H22ClN5O3. The van der Waals surface area contributed by atoms with E-state index in [2.05, 4.69) is 21.5 Å². The summed E-state index contributed by atoms with van der Waals surface area (Å²) in [5.41, 5.74) is 5.19. The monoisotopic (exact) mass is 523 g/mol. The van der Waals surface area contributed by atoms with Gasteiger partial charge in [0.15, 0.2) is 11.6 Å². The molecule has 4 heterocycles. The number of anilines is 1. The SMILES string of the molecule is O=C(Nc1ccc(Cl)c(C2=Nc3ncc(-c4ccc(OCCn5cccn5)cc4)cc3C2)c1)c1ccco1. The molecule has 5 aromatic rings. The predicted octanol–water partition coefficient (Wildman–Crippen LogP) is 6.20. The van der Waals surface area contributed by atoms with E-state index >= 15 is 0 Å². The molecule has 0 bridgehead atoms. The van der Waals surface area contributed by atoms with Gasteiger partial charge < -0.3 is 14.5 Å². The van der Waals surface area contributed by atoms with Crippen LogP contribution in [0.15, 0.2) is 101 Å². The number of halogens is 1. The second-order valence-corrected chi connectivity index (χ2v) is 9.12. The first-order valence-corrected chi connectivity index (χ1v) is 12.4. The molecule has 38 heavy (non-hydrogen) atoms. The Hall–Kier alpha value is -4.69. The van der Waals surface area contributed by atoms with Crippen LogP contribution in [0.4, 0.5) is 11.5 Å². The molecule has 0 aliphatic carbocycles. The fraction of sp³-hybridized carbons (Fsp3) is 0.103. The molecule has 0 fully saturated rings. The lowest BCUT2D eigenvalue weighted by atomic mass is 10.0. The Balaban J connectivity index is 1.13. The van der Waals surface area contributed by atoms with Crippen LogP contribution in [0.1, 0.15) is 21.7 Å². The van der Waals surface area contributed by atoms with E-state index in [1.165, 1.54) is 6.26 Å². The van der Waals surface area contributed by atoms with Gasteiger partial charge in [0.25, 0.3) is 5.91 Å². The molecule has 0 atom stereocenters. The summed E-state index contributed by atoms with van der Waals surface area (Å²) in [7, 11) is 0. The van der Waals surface area contributed by atoms with E-state index in [1.807, 2.05) is 53.5 Å². The lowest BCUT2D eigenvalue weighted by Gasteiger charge is -2.09. The third-order valence-corrected chi connectivity index (χ3v) is 6.49. The molecule has 8 nitrogen and oxygen atoms in total. The van der Waals surface area contributed by atoms with E-state index in [1.54, 1.807) is 30.5 Å². The van der Waals surface area contributed by atoms with Gasteiger partial charge in [-0.25, -0.2) is 9.98 Å². The van der Waals surface area contributed by atoms with Crippen molar-refractivity contribution in [3.8, 4) is 16.9 Å². The van der Waals surface area contributed by atoms with E-state index in [0.717, 1.165) is 33.7 Å². The number of furan rings is 1. The number of hydrogen-bond acceptors (Lipinski definition) is 6. The first-order valence-electron chi connectivity index (χ1n) is 12.0. The Morgan fingerprint density at radius 1 is 1.08 bits per heavy atom. The third kappa shape index (κ3) is 5.07. The van der Waals surface area contributed by atoms with Crippen molar-refractivity contribution in [1.82, 2.24) is 14.8 Å². The highest BCUT2D eigenvalue weighted by atomic mass is 35.5. The fourth-order valence-electron chi connectivity index (χ4n) is 4.25. The first-order chi connectivity index (χ1) is 18.6. The number of nitrogens with zero attached hydrogens (tertiary/aromatic N) is 4. The van der Waals surface area contributed by atoms with Gasteiger partial charge in [0, 0.05) is 52.4 Å². The van der Waals surface area contributed by atoms with E-state index in [-0.39, 0.29) is 11.7 Å². The normalized spacial score (nSPS) is 12.2. The van der Waals surface area contributed by atoms with Crippen LogP contribution in [0.5, 0.6) is 5.75 Å². The molecule has 0 radical (unpaired) electrons. The quantitative estimate of drug-likeness (QED) is 0.261. The van der Waals surface area contributed by atoms with Crippen LogP contribution in [-0.4, -0.2) is 33.0 Å². The number of amides is 1. The molecule has 6 rings (SSSR count). The van der Waals surface area contributed by atoms with Gasteiger partial charge in [0.1, 0.15) is 12.4 Å². The molecule has 1 N–H and O–H groups in total. The Bertz CT molecular complexity index is 1610. The molecule has 1 amide bonds. The summed E-state index contributed by atoms with van der Waals surface area (Å²) in [6.07, 6.45) is 7.52.